The summed E-state index contributed by atoms with van der Waals surface area (Å²) in [5, 5.41) is 12.0. The van der Waals surface area contributed by atoms with Crippen molar-refractivity contribution >= 4 is 18.3 Å². The molecule has 1 amide bonds. The molecular formula is C13H19N3O4. The number of ether oxygens (including phenoxy) is 1. The van der Waals surface area contributed by atoms with E-state index in [2.05, 4.69) is 10.3 Å². The highest BCUT2D eigenvalue weighted by Crippen LogP contribution is 2.25. The van der Waals surface area contributed by atoms with E-state index in [0.717, 1.165) is 0 Å². The molecule has 7 nitrogen and oxygen atoms in total. The van der Waals surface area contributed by atoms with Gasteiger partial charge >= 0.3 is 12.1 Å². The molecule has 0 radical (unpaired) electrons. The number of aliphatic carboxylic acids is 1. The Hall–Kier alpha value is -1.89. The van der Waals surface area contributed by atoms with Crippen LogP contribution in [0.2, 0.25) is 0 Å². The first-order valence-corrected chi connectivity index (χ1v) is 6.49. The van der Waals surface area contributed by atoms with Crippen molar-refractivity contribution in [2.75, 3.05) is 13.1 Å². The molecule has 0 bridgehead atoms. The molecule has 0 spiro atoms. The second-order valence-electron chi connectivity index (χ2n) is 5.77. The lowest BCUT2D eigenvalue weighted by Crippen LogP contribution is -2.48. The van der Waals surface area contributed by atoms with Gasteiger partial charge in [0.15, 0.2) is 0 Å². The number of carbonyl (C=O) groups is 2. The van der Waals surface area contributed by atoms with Crippen LogP contribution in [0, 0.1) is 0 Å². The van der Waals surface area contributed by atoms with Crippen molar-refractivity contribution in [3.63, 3.8) is 0 Å². The molecule has 2 rings (SSSR count). The van der Waals surface area contributed by atoms with Crippen molar-refractivity contribution < 1.29 is 19.4 Å². The Morgan fingerprint density at radius 3 is 2.80 bits per heavy atom. The van der Waals surface area contributed by atoms with E-state index >= 15 is 0 Å². The Kier molecular flexibility index (Phi) is 3.80. The average molecular weight is 281 g/mol. The lowest BCUT2D eigenvalue weighted by Gasteiger charge is -2.34. The van der Waals surface area contributed by atoms with E-state index in [4.69, 9.17) is 9.84 Å². The predicted octanol–water partition coefficient (Wildman–Crippen LogP) is 0.966. The minimum atomic E-state index is -0.935. The van der Waals surface area contributed by atoms with E-state index in [9.17, 15) is 9.59 Å². The van der Waals surface area contributed by atoms with Crippen LogP contribution in [-0.2, 0) is 9.53 Å². The number of carboxylic acid groups (broad SMARTS) is 1. The lowest BCUT2D eigenvalue weighted by atomic mass is 10.0. The maximum atomic E-state index is 12.2. The van der Waals surface area contributed by atoms with Crippen LogP contribution >= 0.6 is 0 Å². The van der Waals surface area contributed by atoms with Gasteiger partial charge in [-0.25, -0.2) is 4.79 Å². The summed E-state index contributed by atoms with van der Waals surface area (Å²) in [5.41, 5.74) is 0.735. The summed E-state index contributed by atoms with van der Waals surface area (Å²) in [6, 6.07) is -0.702. The maximum absolute atomic E-state index is 12.2. The third-order valence-corrected chi connectivity index (χ3v) is 3.00. The minimum Gasteiger partial charge on any atom is -0.480 e. The first-order valence-electron chi connectivity index (χ1n) is 6.49. The van der Waals surface area contributed by atoms with Gasteiger partial charge in [0.05, 0.1) is 12.2 Å². The molecule has 2 aliphatic heterocycles. The molecule has 2 N–H and O–H groups in total. The second-order valence-corrected chi connectivity index (χ2v) is 5.77. The van der Waals surface area contributed by atoms with Gasteiger partial charge < -0.3 is 9.84 Å². The van der Waals surface area contributed by atoms with Crippen LogP contribution in [0.15, 0.2) is 16.4 Å². The molecule has 2 aliphatic rings. The standard InChI is InChI=1S/C13H19N3O4/c1-13(2,3)20-12(19)16-5-4-14-9-7-15-8(11(17)18)6-10(9)16/h4,8,15H,5-7H2,1-3H3,(H,17,18). The van der Waals surface area contributed by atoms with Crippen LogP contribution in [0.1, 0.15) is 27.2 Å². The van der Waals surface area contributed by atoms with Crippen LogP contribution < -0.4 is 5.32 Å². The number of amides is 1. The van der Waals surface area contributed by atoms with E-state index in [1.165, 1.54) is 4.90 Å². The molecule has 0 fully saturated rings. The van der Waals surface area contributed by atoms with Crippen LogP contribution in [-0.4, -0.2) is 53.0 Å². The topological polar surface area (TPSA) is 91.2 Å². The van der Waals surface area contributed by atoms with Crippen LogP contribution in [0.3, 0.4) is 0 Å². The summed E-state index contributed by atoms with van der Waals surface area (Å²) < 4.78 is 5.35. The molecule has 110 valence electrons. The summed E-state index contributed by atoms with van der Waals surface area (Å²) in [6.07, 6.45) is 1.38. The number of nitrogens with one attached hydrogen (secondary N) is 1. The molecule has 2 heterocycles. The summed E-state index contributed by atoms with van der Waals surface area (Å²) >= 11 is 0. The molecule has 0 aromatic carbocycles. The van der Waals surface area contributed by atoms with E-state index in [1.54, 1.807) is 27.0 Å². The predicted molar refractivity (Wildman–Crippen MR) is 72.5 cm³/mol. The number of hydrogen-bond donors (Lipinski definition) is 2. The normalized spacial score (nSPS) is 22.6. The van der Waals surface area contributed by atoms with Crippen molar-refractivity contribution in [1.82, 2.24) is 10.2 Å². The fourth-order valence-corrected chi connectivity index (χ4v) is 2.11. The number of carboxylic acids is 1. The van der Waals surface area contributed by atoms with Gasteiger partial charge in [-0.2, -0.15) is 0 Å². The molecule has 0 aliphatic carbocycles. The third-order valence-electron chi connectivity index (χ3n) is 3.00. The van der Waals surface area contributed by atoms with Gasteiger partial charge in [0.1, 0.15) is 11.6 Å². The first kappa shape index (κ1) is 14.5. The molecule has 0 saturated heterocycles. The fourth-order valence-electron chi connectivity index (χ4n) is 2.11. The molecule has 7 heteroatoms. The Morgan fingerprint density at radius 2 is 2.20 bits per heavy atom. The molecule has 20 heavy (non-hydrogen) atoms. The Labute approximate surface area is 117 Å². The van der Waals surface area contributed by atoms with Crippen LogP contribution in [0.5, 0.6) is 0 Å². The third kappa shape index (κ3) is 3.16. The second kappa shape index (κ2) is 5.24. The van der Waals surface area contributed by atoms with Crippen LogP contribution in [0.4, 0.5) is 4.79 Å². The summed E-state index contributed by atoms with van der Waals surface area (Å²) in [4.78, 5) is 28.9. The summed E-state index contributed by atoms with van der Waals surface area (Å²) in [7, 11) is 0. The number of aliphatic imine (C=N–C) groups is 1. The van der Waals surface area contributed by atoms with Crippen molar-refractivity contribution in [2.45, 2.75) is 38.8 Å². The van der Waals surface area contributed by atoms with Crippen molar-refractivity contribution in [3.05, 3.63) is 11.4 Å². The van der Waals surface area contributed by atoms with Crippen molar-refractivity contribution in [1.29, 1.82) is 0 Å². The van der Waals surface area contributed by atoms with Gasteiger partial charge in [-0.15, -0.1) is 0 Å². The maximum Gasteiger partial charge on any atom is 0.414 e. The zero-order chi connectivity index (χ0) is 14.9. The summed E-state index contributed by atoms with van der Waals surface area (Å²) in [5.74, 6) is -0.935. The molecule has 0 aromatic rings. The van der Waals surface area contributed by atoms with Crippen molar-refractivity contribution in [2.24, 2.45) is 4.99 Å². The smallest absolute Gasteiger partial charge is 0.414 e. The van der Waals surface area contributed by atoms with Gasteiger partial charge in [0.2, 0.25) is 0 Å². The molecule has 0 aromatic heterocycles. The first-order chi connectivity index (χ1) is 9.28. The van der Waals surface area contributed by atoms with E-state index in [-0.39, 0.29) is 6.42 Å². The number of carbonyl (C=O) groups excluding carboxylic acids is 1. The zero-order valence-corrected chi connectivity index (χ0v) is 11.8. The molecular weight excluding hydrogens is 262 g/mol. The SMILES string of the molecule is CC(C)(C)OC(=O)N1CC=NC2=C1CC(C(=O)O)NC2. The number of hydrogen-bond acceptors (Lipinski definition) is 5. The van der Waals surface area contributed by atoms with Gasteiger partial charge in [-0.1, -0.05) is 0 Å². The highest BCUT2D eigenvalue weighted by atomic mass is 16.6. The van der Waals surface area contributed by atoms with E-state index in [1.807, 2.05) is 0 Å². The molecule has 1 unspecified atom stereocenters. The zero-order valence-electron chi connectivity index (χ0n) is 11.8. The van der Waals surface area contributed by atoms with Gasteiger partial charge in [-0.05, 0) is 20.8 Å². The Morgan fingerprint density at radius 1 is 1.50 bits per heavy atom. The highest BCUT2D eigenvalue weighted by molar-refractivity contribution is 5.79. The number of nitrogens with zero attached hydrogens (tertiary/aromatic N) is 2. The van der Waals surface area contributed by atoms with Crippen LogP contribution in [0.25, 0.3) is 0 Å². The van der Waals surface area contributed by atoms with Gasteiger partial charge in [0.25, 0.3) is 0 Å². The average Bonchev–Trinajstić information content (AvgIpc) is 2.35. The quantitative estimate of drug-likeness (QED) is 0.747. The monoisotopic (exact) mass is 281 g/mol. The van der Waals surface area contributed by atoms with Gasteiger partial charge in [-0.3, -0.25) is 20.0 Å². The minimum absolute atomic E-state index is 0.223. The van der Waals surface area contributed by atoms with E-state index in [0.29, 0.717) is 24.5 Å². The lowest BCUT2D eigenvalue weighted by molar-refractivity contribution is -0.139. The Balaban J connectivity index is 2.19. The highest BCUT2D eigenvalue weighted by Gasteiger charge is 2.34. The number of rotatable bonds is 1. The van der Waals surface area contributed by atoms with E-state index < -0.39 is 23.7 Å². The molecule has 1 atom stereocenters. The van der Waals surface area contributed by atoms with Gasteiger partial charge in [0, 0.05) is 24.9 Å². The fraction of sp³-hybridized carbons (Fsp3) is 0.615. The Bertz CT molecular complexity index is 490. The summed E-state index contributed by atoms with van der Waals surface area (Å²) in [6.45, 7) is 6.02. The van der Waals surface area contributed by atoms with Crippen molar-refractivity contribution in [3.8, 4) is 0 Å². The largest absolute Gasteiger partial charge is 0.480 e. The molecule has 0 saturated carbocycles.